The number of amides is 1. The van der Waals surface area contributed by atoms with Crippen LogP contribution in [0.1, 0.15) is 25.3 Å². The van der Waals surface area contributed by atoms with E-state index in [4.69, 9.17) is 5.73 Å². The lowest BCUT2D eigenvalue weighted by Gasteiger charge is -2.36. The van der Waals surface area contributed by atoms with Crippen molar-refractivity contribution < 1.29 is 18.0 Å². The molecule has 1 aromatic carbocycles. The summed E-state index contributed by atoms with van der Waals surface area (Å²) in [5.41, 5.74) is 4.32. The number of alkyl halides is 3. The molecule has 0 spiro atoms. The summed E-state index contributed by atoms with van der Waals surface area (Å²) in [6.45, 7) is 2.95. The van der Waals surface area contributed by atoms with Gasteiger partial charge >= 0.3 is 6.18 Å². The normalized spacial score (nSPS) is 30.1. The van der Waals surface area contributed by atoms with Gasteiger partial charge in [0.15, 0.2) is 5.41 Å². The molecule has 0 radical (unpaired) electrons. The zero-order valence-corrected chi connectivity index (χ0v) is 15.0. The highest BCUT2D eigenvalue weighted by Crippen LogP contribution is 2.48. The molecule has 0 bridgehead atoms. The van der Waals surface area contributed by atoms with Gasteiger partial charge in [-0.05, 0) is 44.3 Å². The number of hydrogen-bond donors (Lipinski definition) is 1. The minimum Gasteiger partial charge on any atom is -0.339 e. The van der Waals surface area contributed by atoms with Gasteiger partial charge in [-0.2, -0.15) is 13.2 Å². The molecule has 3 unspecified atom stereocenters. The quantitative estimate of drug-likeness (QED) is 0.888. The van der Waals surface area contributed by atoms with E-state index in [1.165, 1.54) is 4.90 Å². The Morgan fingerprint density at radius 1 is 1.31 bits per heavy atom. The second kappa shape index (κ2) is 7.19. The van der Waals surface area contributed by atoms with Crippen LogP contribution in [0.15, 0.2) is 30.3 Å². The molecular weight excluding hydrogens is 343 g/mol. The zero-order chi connectivity index (χ0) is 18.9. The average Bonchev–Trinajstić information content (AvgIpc) is 3.19. The van der Waals surface area contributed by atoms with Gasteiger partial charge in [-0.1, -0.05) is 30.3 Å². The Morgan fingerprint density at radius 2 is 2.00 bits per heavy atom. The molecule has 2 saturated heterocycles. The maximum absolute atomic E-state index is 14.0. The van der Waals surface area contributed by atoms with Crippen molar-refractivity contribution in [3.8, 4) is 0 Å². The van der Waals surface area contributed by atoms with E-state index in [1.54, 1.807) is 4.90 Å². The molecule has 144 valence electrons. The van der Waals surface area contributed by atoms with Gasteiger partial charge in [-0.3, -0.25) is 9.69 Å². The summed E-state index contributed by atoms with van der Waals surface area (Å²) >= 11 is 0. The van der Waals surface area contributed by atoms with Gasteiger partial charge in [0.05, 0.1) is 0 Å². The summed E-state index contributed by atoms with van der Waals surface area (Å²) in [4.78, 5) is 16.2. The van der Waals surface area contributed by atoms with Crippen molar-refractivity contribution >= 4 is 5.91 Å². The number of benzene rings is 1. The Balaban J connectivity index is 1.79. The van der Waals surface area contributed by atoms with Gasteiger partial charge in [0.25, 0.3) is 0 Å². The van der Waals surface area contributed by atoms with Crippen LogP contribution in [0.25, 0.3) is 0 Å². The molecule has 2 N–H and O–H groups in total. The summed E-state index contributed by atoms with van der Waals surface area (Å²) in [6.07, 6.45) is -4.07. The van der Waals surface area contributed by atoms with Crippen molar-refractivity contribution in [3.63, 3.8) is 0 Å². The predicted octanol–water partition coefficient (Wildman–Crippen LogP) is 2.64. The first-order valence-corrected chi connectivity index (χ1v) is 9.11. The van der Waals surface area contributed by atoms with Crippen LogP contribution in [-0.2, 0) is 11.3 Å². The Morgan fingerprint density at radius 3 is 2.58 bits per heavy atom. The second-order valence-corrected chi connectivity index (χ2v) is 7.67. The molecule has 1 aromatic rings. The molecule has 0 aliphatic carbocycles. The number of carbonyl (C=O) groups excluding carboxylic acids is 1. The number of hydrogen-bond acceptors (Lipinski definition) is 3. The molecule has 1 amide bonds. The van der Waals surface area contributed by atoms with Gasteiger partial charge in [-0.15, -0.1) is 0 Å². The van der Waals surface area contributed by atoms with Crippen LogP contribution in [0.4, 0.5) is 13.2 Å². The van der Waals surface area contributed by atoms with Gasteiger partial charge < -0.3 is 10.6 Å². The minimum absolute atomic E-state index is 0.0843. The highest BCUT2D eigenvalue weighted by Gasteiger charge is 2.64. The first kappa shape index (κ1) is 19.2. The maximum Gasteiger partial charge on any atom is 0.404 e. The third kappa shape index (κ3) is 3.47. The van der Waals surface area contributed by atoms with E-state index in [0.29, 0.717) is 26.1 Å². The van der Waals surface area contributed by atoms with Crippen LogP contribution < -0.4 is 5.73 Å². The number of carbonyl (C=O) groups is 1. The molecule has 4 nitrogen and oxygen atoms in total. The number of nitrogens with zero attached hydrogens (tertiary/aromatic N) is 2. The van der Waals surface area contributed by atoms with Crippen LogP contribution in [0.5, 0.6) is 0 Å². The average molecular weight is 369 g/mol. The third-order valence-electron chi connectivity index (χ3n) is 5.80. The smallest absolute Gasteiger partial charge is 0.339 e. The lowest BCUT2D eigenvalue weighted by Crippen LogP contribution is -2.54. The Bertz CT molecular complexity index is 637. The van der Waals surface area contributed by atoms with E-state index in [-0.39, 0.29) is 31.5 Å². The van der Waals surface area contributed by atoms with Crippen molar-refractivity contribution in [2.75, 3.05) is 26.2 Å². The van der Waals surface area contributed by atoms with Crippen LogP contribution >= 0.6 is 0 Å². The summed E-state index contributed by atoms with van der Waals surface area (Å²) in [5, 5.41) is 0. The third-order valence-corrected chi connectivity index (χ3v) is 5.80. The van der Waals surface area contributed by atoms with Crippen molar-refractivity contribution in [3.05, 3.63) is 35.9 Å². The summed E-state index contributed by atoms with van der Waals surface area (Å²) < 4.78 is 42.1. The molecule has 0 saturated carbocycles. The Labute approximate surface area is 152 Å². The van der Waals surface area contributed by atoms with Crippen LogP contribution in [0.3, 0.4) is 0 Å². The lowest BCUT2D eigenvalue weighted by atomic mass is 9.84. The fourth-order valence-electron chi connectivity index (χ4n) is 4.26. The topological polar surface area (TPSA) is 49.6 Å². The fraction of sp³-hybridized carbons (Fsp3) is 0.632. The Hall–Kier alpha value is -1.60. The largest absolute Gasteiger partial charge is 0.404 e. The summed E-state index contributed by atoms with van der Waals surface area (Å²) in [6, 6.07) is 9.20. The molecule has 2 heterocycles. The van der Waals surface area contributed by atoms with E-state index in [2.05, 4.69) is 0 Å². The van der Waals surface area contributed by atoms with E-state index < -0.39 is 17.5 Å². The number of rotatable bonds is 4. The van der Waals surface area contributed by atoms with Crippen LogP contribution in [-0.4, -0.2) is 54.1 Å². The van der Waals surface area contributed by atoms with Crippen LogP contribution in [0, 0.1) is 11.3 Å². The summed E-state index contributed by atoms with van der Waals surface area (Å²) in [5.74, 6) is -0.690. The van der Waals surface area contributed by atoms with E-state index in [9.17, 15) is 18.0 Å². The van der Waals surface area contributed by atoms with Gasteiger partial charge in [0, 0.05) is 25.7 Å². The SMILES string of the molecule is CC1CC(CN)CN1C(=O)C1(C(F)(F)F)CCN(Cc2ccccc2)C1. The monoisotopic (exact) mass is 369 g/mol. The number of halogens is 3. The summed E-state index contributed by atoms with van der Waals surface area (Å²) in [7, 11) is 0. The molecule has 2 aliphatic rings. The molecule has 7 heteroatoms. The number of nitrogens with two attached hydrogens (primary N) is 1. The predicted molar refractivity (Wildman–Crippen MR) is 93.2 cm³/mol. The van der Waals surface area contributed by atoms with E-state index in [1.807, 2.05) is 37.3 Å². The van der Waals surface area contributed by atoms with Gasteiger partial charge in [0.1, 0.15) is 0 Å². The minimum atomic E-state index is -4.56. The van der Waals surface area contributed by atoms with E-state index in [0.717, 1.165) is 5.56 Å². The Kier molecular flexibility index (Phi) is 5.30. The fourth-order valence-corrected chi connectivity index (χ4v) is 4.26. The van der Waals surface area contributed by atoms with Crippen molar-refractivity contribution in [1.29, 1.82) is 0 Å². The van der Waals surface area contributed by atoms with Gasteiger partial charge in [-0.25, -0.2) is 0 Å². The molecule has 3 rings (SSSR count). The number of likely N-dealkylation sites (tertiary alicyclic amines) is 2. The molecule has 0 aromatic heterocycles. The lowest BCUT2D eigenvalue weighted by molar-refractivity contribution is -0.224. The highest BCUT2D eigenvalue weighted by molar-refractivity contribution is 5.85. The van der Waals surface area contributed by atoms with Crippen LogP contribution in [0.2, 0.25) is 0 Å². The highest BCUT2D eigenvalue weighted by atomic mass is 19.4. The van der Waals surface area contributed by atoms with Gasteiger partial charge in [0.2, 0.25) is 5.91 Å². The first-order valence-electron chi connectivity index (χ1n) is 9.11. The molecule has 2 fully saturated rings. The van der Waals surface area contributed by atoms with Crippen molar-refractivity contribution in [2.45, 2.75) is 38.5 Å². The second-order valence-electron chi connectivity index (χ2n) is 7.67. The van der Waals surface area contributed by atoms with Crippen molar-refractivity contribution in [1.82, 2.24) is 9.80 Å². The van der Waals surface area contributed by atoms with E-state index >= 15 is 0 Å². The standard InChI is InChI=1S/C19H26F3N3O/c1-14-9-16(10-23)12-25(14)17(26)18(19(20,21)22)7-8-24(13-18)11-15-5-3-2-4-6-15/h2-6,14,16H,7-13,23H2,1H3. The molecule has 2 aliphatic heterocycles. The zero-order valence-electron chi connectivity index (χ0n) is 15.0. The maximum atomic E-state index is 14.0. The molecule has 3 atom stereocenters. The molecular formula is C19H26F3N3O. The first-order chi connectivity index (χ1) is 12.3. The molecule has 26 heavy (non-hydrogen) atoms. The van der Waals surface area contributed by atoms with Crippen molar-refractivity contribution in [2.24, 2.45) is 17.1 Å².